The molecule has 0 aliphatic carbocycles. The summed E-state index contributed by atoms with van der Waals surface area (Å²) >= 11 is 16.4. The largest absolute Gasteiger partial charge is 0.483 e. The third kappa shape index (κ3) is 6.46. The van der Waals surface area contributed by atoms with Crippen molar-refractivity contribution in [2.24, 2.45) is 0 Å². The van der Waals surface area contributed by atoms with Crippen molar-refractivity contribution in [3.05, 3.63) is 97.3 Å². The molecule has 0 bridgehead atoms. The van der Waals surface area contributed by atoms with Crippen molar-refractivity contribution in [2.75, 3.05) is 11.9 Å². The van der Waals surface area contributed by atoms with E-state index in [1.807, 2.05) is 18.2 Å². The number of benzene rings is 3. The van der Waals surface area contributed by atoms with E-state index in [1.165, 1.54) is 0 Å². The van der Waals surface area contributed by atoms with Gasteiger partial charge in [0, 0.05) is 25.8 Å². The van der Waals surface area contributed by atoms with Gasteiger partial charge in [-0.1, -0.05) is 63.4 Å². The van der Waals surface area contributed by atoms with Crippen molar-refractivity contribution < 1.29 is 19.1 Å². The molecule has 0 radical (unpaired) electrons. The maximum atomic E-state index is 13.0. The smallest absolute Gasteiger partial charge is 0.293 e. The molecule has 1 saturated heterocycles. The molecule has 10 heteroatoms. The van der Waals surface area contributed by atoms with Gasteiger partial charge in [0.15, 0.2) is 6.61 Å². The summed E-state index contributed by atoms with van der Waals surface area (Å²) in [6.07, 6.45) is 1.57. The first-order chi connectivity index (χ1) is 16.8. The summed E-state index contributed by atoms with van der Waals surface area (Å²) in [4.78, 5) is 39.2. The molecule has 1 heterocycles. The summed E-state index contributed by atoms with van der Waals surface area (Å²) in [6, 6.07) is 19.1. The highest BCUT2D eigenvalue weighted by molar-refractivity contribution is 9.10. The van der Waals surface area contributed by atoms with Crippen LogP contribution >= 0.6 is 50.9 Å². The van der Waals surface area contributed by atoms with Crippen LogP contribution in [0.25, 0.3) is 6.08 Å². The molecular formula is C25H17BrCl2N2O4S. The Morgan fingerprint density at radius 2 is 1.83 bits per heavy atom. The fraction of sp³-hybridized carbons (Fsp3) is 0.0800. The van der Waals surface area contributed by atoms with Crippen molar-refractivity contribution in [2.45, 2.75) is 6.54 Å². The average molecular weight is 592 g/mol. The molecule has 3 aromatic rings. The molecule has 0 saturated carbocycles. The number of imide groups is 1. The number of hydrogen-bond acceptors (Lipinski definition) is 5. The second-order valence-corrected chi connectivity index (χ2v) is 10.1. The van der Waals surface area contributed by atoms with Crippen LogP contribution in [0.1, 0.15) is 11.1 Å². The first-order valence-electron chi connectivity index (χ1n) is 10.3. The van der Waals surface area contributed by atoms with E-state index in [0.29, 0.717) is 32.6 Å². The van der Waals surface area contributed by atoms with Crippen molar-refractivity contribution >= 4 is 79.7 Å². The highest BCUT2D eigenvalue weighted by Gasteiger charge is 2.35. The van der Waals surface area contributed by atoms with Crippen LogP contribution in [0.15, 0.2) is 76.1 Å². The standard InChI is InChI=1S/C25H17BrCl2N2O4S/c26-17-7-9-21(34-14-23(31)29-19-4-2-1-3-5-19)16(10-17)11-22-24(32)30(25(33)35-22)13-15-6-8-18(27)12-20(15)28/h1-12H,13-14H2,(H,29,31)/b22-11-. The van der Waals surface area contributed by atoms with E-state index in [1.54, 1.807) is 54.6 Å². The number of carbonyl (C=O) groups is 3. The van der Waals surface area contributed by atoms with Crippen LogP contribution in [0, 0.1) is 0 Å². The van der Waals surface area contributed by atoms with E-state index in [2.05, 4.69) is 21.2 Å². The number of rotatable bonds is 7. The molecule has 3 amide bonds. The normalized spacial score (nSPS) is 14.5. The topological polar surface area (TPSA) is 75.7 Å². The van der Waals surface area contributed by atoms with E-state index in [9.17, 15) is 14.4 Å². The minimum absolute atomic E-state index is 0.0273. The lowest BCUT2D eigenvalue weighted by Gasteiger charge is -2.14. The van der Waals surface area contributed by atoms with Gasteiger partial charge in [0.25, 0.3) is 17.1 Å². The van der Waals surface area contributed by atoms with Crippen LogP contribution in [0.4, 0.5) is 10.5 Å². The molecule has 0 atom stereocenters. The number of anilines is 1. The number of carbonyl (C=O) groups excluding carboxylic acids is 3. The summed E-state index contributed by atoms with van der Waals surface area (Å²) in [5.74, 6) is -0.382. The molecule has 1 fully saturated rings. The monoisotopic (exact) mass is 590 g/mol. The summed E-state index contributed by atoms with van der Waals surface area (Å²) in [5.41, 5.74) is 1.81. The van der Waals surface area contributed by atoms with E-state index in [4.69, 9.17) is 27.9 Å². The van der Waals surface area contributed by atoms with Crippen molar-refractivity contribution in [1.29, 1.82) is 0 Å². The zero-order valence-electron chi connectivity index (χ0n) is 18.0. The fourth-order valence-corrected chi connectivity index (χ4v) is 4.90. The van der Waals surface area contributed by atoms with Gasteiger partial charge < -0.3 is 10.1 Å². The third-order valence-electron chi connectivity index (χ3n) is 4.89. The maximum absolute atomic E-state index is 13.0. The summed E-state index contributed by atoms with van der Waals surface area (Å²) in [7, 11) is 0. The Hall–Kier alpha value is -2.78. The molecule has 1 N–H and O–H groups in total. The third-order valence-corrected chi connectivity index (χ3v) is 6.88. The van der Waals surface area contributed by atoms with Gasteiger partial charge in [-0.3, -0.25) is 19.3 Å². The quantitative estimate of drug-likeness (QED) is 0.299. The Morgan fingerprint density at radius 1 is 1.06 bits per heavy atom. The molecule has 0 aromatic heterocycles. The van der Waals surface area contributed by atoms with Crippen LogP contribution < -0.4 is 10.1 Å². The van der Waals surface area contributed by atoms with Gasteiger partial charge in [0.1, 0.15) is 5.75 Å². The zero-order chi connectivity index (χ0) is 24.9. The molecule has 0 unspecified atom stereocenters. The van der Waals surface area contributed by atoms with Crippen molar-refractivity contribution in [3.63, 3.8) is 0 Å². The summed E-state index contributed by atoms with van der Waals surface area (Å²) < 4.78 is 6.47. The predicted octanol–water partition coefficient (Wildman–Crippen LogP) is 7.01. The Kier molecular flexibility index (Phi) is 8.18. The lowest BCUT2D eigenvalue weighted by molar-refractivity contribution is -0.123. The van der Waals surface area contributed by atoms with Gasteiger partial charge in [-0.15, -0.1) is 0 Å². The number of ether oxygens (including phenoxy) is 1. The van der Waals surface area contributed by atoms with Crippen LogP contribution in [0.3, 0.4) is 0 Å². The van der Waals surface area contributed by atoms with Crippen molar-refractivity contribution in [1.82, 2.24) is 4.90 Å². The Bertz CT molecular complexity index is 1330. The van der Waals surface area contributed by atoms with Gasteiger partial charge in [0.05, 0.1) is 11.4 Å². The second-order valence-electron chi connectivity index (χ2n) is 7.39. The minimum atomic E-state index is -0.446. The number of amides is 3. The van der Waals surface area contributed by atoms with Gasteiger partial charge in [-0.2, -0.15) is 0 Å². The van der Waals surface area contributed by atoms with Gasteiger partial charge in [-0.25, -0.2) is 0 Å². The molecule has 0 spiro atoms. The van der Waals surface area contributed by atoms with E-state index < -0.39 is 11.1 Å². The zero-order valence-corrected chi connectivity index (χ0v) is 21.9. The summed E-state index contributed by atoms with van der Waals surface area (Å²) in [6.45, 7) is -0.201. The number of para-hydroxylation sites is 1. The predicted molar refractivity (Wildman–Crippen MR) is 143 cm³/mol. The molecule has 35 heavy (non-hydrogen) atoms. The molecule has 3 aromatic carbocycles. The number of halogens is 3. The van der Waals surface area contributed by atoms with Crippen molar-refractivity contribution in [3.8, 4) is 5.75 Å². The highest BCUT2D eigenvalue weighted by Crippen LogP contribution is 2.36. The second kappa shape index (κ2) is 11.3. The van der Waals surface area contributed by atoms with E-state index >= 15 is 0 Å². The number of hydrogen-bond donors (Lipinski definition) is 1. The molecule has 1 aliphatic rings. The van der Waals surface area contributed by atoms with E-state index in [-0.39, 0.29) is 24.0 Å². The minimum Gasteiger partial charge on any atom is -0.483 e. The van der Waals surface area contributed by atoms with Gasteiger partial charge in [-0.05, 0) is 65.9 Å². The Morgan fingerprint density at radius 3 is 2.57 bits per heavy atom. The fourth-order valence-electron chi connectivity index (χ4n) is 3.22. The number of thioether (sulfide) groups is 1. The molecular weight excluding hydrogens is 575 g/mol. The van der Waals surface area contributed by atoms with Crippen LogP contribution in [-0.4, -0.2) is 28.6 Å². The molecule has 4 rings (SSSR count). The Balaban J connectivity index is 1.49. The average Bonchev–Trinajstić information content (AvgIpc) is 3.08. The lowest BCUT2D eigenvalue weighted by Crippen LogP contribution is -2.27. The SMILES string of the molecule is O=C(COc1ccc(Br)cc1/C=C1\SC(=O)N(Cc2ccc(Cl)cc2Cl)C1=O)Nc1ccccc1. The van der Waals surface area contributed by atoms with Gasteiger partial charge >= 0.3 is 0 Å². The molecule has 6 nitrogen and oxygen atoms in total. The van der Waals surface area contributed by atoms with E-state index in [0.717, 1.165) is 21.1 Å². The Labute approximate surface area is 224 Å². The first-order valence-corrected chi connectivity index (χ1v) is 12.6. The van der Waals surface area contributed by atoms with Crippen LogP contribution in [-0.2, 0) is 16.1 Å². The lowest BCUT2D eigenvalue weighted by atomic mass is 10.1. The van der Waals surface area contributed by atoms with Crippen LogP contribution in [0.2, 0.25) is 10.0 Å². The first kappa shape index (κ1) is 25.3. The summed E-state index contributed by atoms with van der Waals surface area (Å²) in [5, 5.41) is 3.18. The maximum Gasteiger partial charge on any atom is 0.293 e. The number of nitrogens with one attached hydrogen (secondary N) is 1. The number of nitrogens with zero attached hydrogens (tertiary/aromatic N) is 1. The molecule has 1 aliphatic heterocycles. The molecule has 178 valence electrons. The van der Waals surface area contributed by atoms with Crippen LogP contribution in [0.5, 0.6) is 5.75 Å². The van der Waals surface area contributed by atoms with Gasteiger partial charge in [0.2, 0.25) is 0 Å². The highest BCUT2D eigenvalue weighted by atomic mass is 79.9.